The standard InChI is InChI=1S/C25H26ClN3O2/c1-17(2)25(31)29-14-12-28(13-15-29)23-11-10-19(26)16-22(23)27-24(30)21-9-5-7-18-6-3-4-8-20(18)21/h3-11,16-17H,12-15H2,1-2H3,(H,27,30). The number of nitrogens with zero attached hydrogens (tertiary/aromatic N) is 2. The number of fused-ring (bicyclic) bond motifs is 1. The van der Waals surface area contributed by atoms with E-state index in [1.54, 1.807) is 6.07 Å². The highest BCUT2D eigenvalue weighted by molar-refractivity contribution is 6.31. The molecular weight excluding hydrogens is 410 g/mol. The molecule has 1 aliphatic heterocycles. The van der Waals surface area contributed by atoms with Gasteiger partial charge in [0.2, 0.25) is 5.91 Å². The van der Waals surface area contributed by atoms with E-state index in [2.05, 4.69) is 10.2 Å². The first-order valence-corrected chi connectivity index (χ1v) is 10.9. The maximum Gasteiger partial charge on any atom is 0.256 e. The lowest BCUT2D eigenvalue weighted by atomic mass is 10.0. The number of carbonyl (C=O) groups is 2. The fourth-order valence-electron chi connectivity index (χ4n) is 4.03. The van der Waals surface area contributed by atoms with Crippen molar-refractivity contribution in [2.24, 2.45) is 5.92 Å². The zero-order valence-corrected chi connectivity index (χ0v) is 18.5. The first-order valence-electron chi connectivity index (χ1n) is 10.6. The lowest BCUT2D eigenvalue weighted by Gasteiger charge is -2.37. The highest BCUT2D eigenvalue weighted by Crippen LogP contribution is 2.31. The van der Waals surface area contributed by atoms with Gasteiger partial charge in [-0.15, -0.1) is 0 Å². The van der Waals surface area contributed by atoms with E-state index >= 15 is 0 Å². The lowest BCUT2D eigenvalue weighted by Crippen LogP contribution is -2.50. The second kappa shape index (κ2) is 8.98. The normalized spacial score (nSPS) is 14.2. The Morgan fingerprint density at radius 3 is 2.39 bits per heavy atom. The van der Waals surface area contributed by atoms with Gasteiger partial charge in [-0.3, -0.25) is 9.59 Å². The van der Waals surface area contributed by atoms with Crippen LogP contribution < -0.4 is 10.2 Å². The van der Waals surface area contributed by atoms with E-state index in [1.165, 1.54) is 0 Å². The van der Waals surface area contributed by atoms with E-state index in [-0.39, 0.29) is 17.7 Å². The van der Waals surface area contributed by atoms with E-state index in [0.29, 0.717) is 42.5 Å². The van der Waals surface area contributed by atoms with Crippen LogP contribution in [0.5, 0.6) is 0 Å². The number of rotatable bonds is 4. The van der Waals surface area contributed by atoms with Gasteiger partial charge in [0.05, 0.1) is 11.4 Å². The number of amides is 2. The molecule has 5 nitrogen and oxygen atoms in total. The van der Waals surface area contributed by atoms with Crippen LogP contribution in [0.15, 0.2) is 60.7 Å². The summed E-state index contributed by atoms with van der Waals surface area (Å²) in [5, 5.41) is 5.55. The maximum atomic E-state index is 13.2. The Labute approximate surface area is 187 Å². The van der Waals surface area contributed by atoms with Crippen molar-refractivity contribution in [3.05, 3.63) is 71.2 Å². The van der Waals surface area contributed by atoms with E-state index in [9.17, 15) is 9.59 Å². The van der Waals surface area contributed by atoms with Gasteiger partial charge in [0.25, 0.3) is 5.91 Å². The maximum absolute atomic E-state index is 13.2. The van der Waals surface area contributed by atoms with Crippen LogP contribution in [-0.2, 0) is 4.79 Å². The topological polar surface area (TPSA) is 52.7 Å². The summed E-state index contributed by atoms with van der Waals surface area (Å²) in [6.07, 6.45) is 0. The third-order valence-corrected chi connectivity index (χ3v) is 5.90. The van der Waals surface area contributed by atoms with Crippen molar-refractivity contribution in [3.8, 4) is 0 Å². The van der Waals surface area contributed by atoms with Crippen LogP contribution >= 0.6 is 11.6 Å². The Morgan fingerprint density at radius 2 is 1.65 bits per heavy atom. The Morgan fingerprint density at radius 1 is 0.935 bits per heavy atom. The molecule has 0 aromatic heterocycles. The smallest absolute Gasteiger partial charge is 0.256 e. The predicted octanol–water partition coefficient (Wildman–Crippen LogP) is 5.05. The largest absolute Gasteiger partial charge is 0.366 e. The summed E-state index contributed by atoms with van der Waals surface area (Å²) in [6, 6.07) is 19.1. The number of nitrogens with one attached hydrogen (secondary N) is 1. The van der Waals surface area contributed by atoms with E-state index in [4.69, 9.17) is 11.6 Å². The molecule has 1 saturated heterocycles. The first-order chi connectivity index (χ1) is 14.9. The van der Waals surface area contributed by atoms with Gasteiger partial charge in [-0.25, -0.2) is 0 Å². The summed E-state index contributed by atoms with van der Waals surface area (Å²) in [5.41, 5.74) is 2.21. The van der Waals surface area contributed by atoms with Crippen LogP contribution in [0.1, 0.15) is 24.2 Å². The first kappa shape index (κ1) is 21.2. The van der Waals surface area contributed by atoms with Crippen LogP contribution in [-0.4, -0.2) is 42.9 Å². The number of halogens is 1. The number of hydrogen-bond acceptors (Lipinski definition) is 3. The molecule has 0 saturated carbocycles. The number of piperazine rings is 1. The highest BCUT2D eigenvalue weighted by Gasteiger charge is 2.24. The summed E-state index contributed by atoms with van der Waals surface area (Å²) in [4.78, 5) is 29.6. The van der Waals surface area contributed by atoms with Crippen LogP contribution in [0.3, 0.4) is 0 Å². The van der Waals surface area contributed by atoms with Crippen LogP contribution in [0.2, 0.25) is 5.02 Å². The van der Waals surface area contributed by atoms with Crippen molar-refractivity contribution in [1.82, 2.24) is 4.90 Å². The van der Waals surface area contributed by atoms with E-state index in [1.807, 2.05) is 73.3 Å². The molecule has 4 rings (SSSR count). The minimum atomic E-state index is -0.172. The van der Waals surface area contributed by atoms with Gasteiger partial charge in [0, 0.05) is 42.7 Å². The average Bonchev–Trinajstić information content (AvgIpc) is 2.78. The van der Waals surface area contributed by atoms with Crippen molar-refractivity contribution < 1.29 is 9.59 Å². The monoisotopic (exact) mass is 435 g/mol. The minimum Gasteiger partial charge on any atom is -0.366 e. The van der Waals surface area contributed by atoms with Crippen LogP contribution in [0.4, 0.5) is 11.4 Å². The molecule has 0 atom stereocenters. The minimum absolute atomic E-state index is 0.00220. The highest BCUT2D eigenvalue weighted by atomic mass is 35.5. The number of carbonyl (C=O) groups excluding carboxylic acids is 2. The molecule has 1 fully saturated rings. The SMILES string of the molecule is CC(C)C(=O)N1CCN(c2ccc(Cl)cc2NC(=O)c2cccc3ccccc23)CC1. The summed E-state index contributed by atoms with van der Waals surface area (Å²) in [5.74, 6) is 0.00630. The van der Waals surface area contributed by atoms with Crippen LogP contribution in [0, 0.1) is 5.92 Å². The zero-order valence-electron chi connectivity index (χ0n) is 17.8. The molecule has 3 aromatic carbocycles. The lowest BCUT2D eigenvalue weighted by molar-refractivity contribution is -0.134. The van der Waals surface area contributed by atoms with Crippen molar-refractivity contribution in [1.29, 1.82) is 0 Å². The molecule has 1 aliphatic rings. The second-order valence-corrected chi connectivity index (χ2v) is 8.55. The summed E-state index contributed by atoms with van der Waals surface area (Å²) >= 11 is 6.26. The Bertz CT molecular complexity index is 1120. The zero-order chi connectivity index (χ0) is 22.0. The van der Waals surface area contributed by atoms with E-state index in [0.717, 1.165) is 16.5 Å². The van der Waals surface area contributed by atoms with Gasteiger partial charge < -0.3 is 15.1 Å². The number of benzene rings is 3. The molecule has 6 heteroatoms. The van der Waals surface area contributed by atoms with Gasteiger partial charge in [0.15, 0.2) is 0 Å². The quantitative estimate of drug-likeness (QED) is 0.623. The Hall–Kier alpha value is -3.05. The molecule has 0 unspecified atom stereocenters. The summed E-state index contributed by atoms with van der Waals surface area (Å²) < 4.78 is 0. The van der Waals surface area contributed by atoms with E-state index < -0.39 is 0 Å². The molecule has 31 heavy (non-hydrogen) atoms. The molecule has 2 amide bonds. The Balaban J connectivity index is 1.57. The van der Waals surface area contributed by atoms with Gasteiger partial charge >= 0.3 is 0 Å². The average molecular weight is 436 g/mol. The fraction of sp³-hybridized carbons (Fsp3) is 0.280. The summed E-state index contributed by atoms with van der Waals surface area (Å²) in [7, 11) is 0. The molecule has 0 spiro atoms. The van der Waals surface area contributed by atoms with Gasteiger partial charge in [-0.05, 0) is 35.0 Å². The van der Waals surface area contributed by atoms with Gasteiger partial charge in [-0.1, -0.05) is 61.8 Å². The van der Waals surface area contributed by atoms with Crippen LogP contribution in [0.25, 0.3) is 10.8 Å². The number of anilines is 2. The second-order valence-electron chi connectivity index (χ2n) is 8.11. The third-order valence-electron chi connectivity index (χ3n) is 5.67. The fourth-order valence-corrected chi connectivity index (χ4v) is 4.20. The van der Waals surface area contributed by atoms with Crippen molar-refractivity contribution in [2.75, 3.05) is 36.4 Å². The number of hydrogen-bond donors (Lipinski definition) is 1. The Kier molecular flexibility index (Phi) is 6.14. The molecule has 1 N–H and O–H groups in total. The third kappa shape index (κ3) is 4.52. The molecule has 0 aliphatic carbocycles. The molecule has 0 radical (unpaired) electrons. The summed E-state index contributed by atoms with van der Waals surface area (Å²) in [6.45, 7) is 6.59. The molecule has 160 valence electrons. The van der Waals surface area contributed by atoms with Gasteiger partial charge in [-0.2, -0.15) is 0 Å². The molecular formula is C25H26ClN3O2. The van der Waals surface area contributed by atoms with Crippen molar-refractivity contribution >= 4 is 45.6 Å². The molecule has 0 bridgehead atoms. The van der Waals surface area contributed by atoms with Crippen molar-refractivity contribution in [3.63, 3.8) is 0 Å². The molecule has 1 heterocycles. The predicted molar refractivity (Wildman–Crippen MR) is 127 cm³/mol. The van der Waals surface area contributed by atoms with Crippen molar-refractivity contribution in [2.45, 2.75) is 13.8 Å². The molecule has 3 aromatic rings. The van der Waals surface area contributed by atoms with Gasteiger partial charge in [0.1, 0.15) is 0 Å².